The zero-order valence-corrected chi connectivity index (χ0v) is 14.6. The van der Waals surface area contributed by atoms with E-state index >= 15 is 0 Å². The van der Waals surface area contributed by atoms with Crippen LogP contribution in [0.5, 0.6) is 0 Å². The summed E-state index contributed by atoms with van der Waals surface area (Å²) in [5.41, 5.74) is 4.40. The summed E-state index contributed by atoms with van der Waals surface area (Å²) >= 11 is 0. The van der Waals surface area contributed by atoms with Crippen LogP contribution in [0.2, 0.25) is 0 Å². The largest absolute Gasteiger partial charge is 0.361 e. The van der Waals surface area contributed by atoms with E-state index in [0.717, 1.165) is 17.5 Å². The van der Waals surface area contributed by atoms with Gasteiger partial charge in [-0.15, -0.1) is 0 Å². The van der Waals surface area contributed by atoms with Gasteiger partial charge in [-0.2, -0.15) is 0 Å². The first kappa shape index (κ1) is 17.2. The van der Waals surface area contributed by atoms with Crippen LogP contribution in [0, 0.1) is 12.7 Å². The van der Waals surface area contributed by atoms with Crippen molar-refractivity contribution in [3.05, 3.63) is 71.2 Å². The monoisotopic (exact) mass is 338 g/mol. The van der Waals surface area contributed by atoms with E-state index in [-0.39, 0.29) is 17.6 Å². The fourth-order valence-corrected chi connectivity index (χ4v) is 3.12. The van der Waals surface area contributed by atoms with Gasteiger partial charge in [-0.05, 0) is 54.2 Å². The van der Waals surface area contributed by atoms with Crippen molar-refractivity contribution in [2.24, 2.45) is 0 Å². The average Bonchev–Trinajstić information content (AvgIpc) is 2.97. The number of hydrogen-bond acceptors (Lipinski definition) is 1. The number of aryl methyl sites for hydroxylation is 1. The SMILES string of the molecule is Cc1ccc2c(CCNC(=O)CC(C)c3cccc(F)c3)c[nH]c2c1. The van der Waals surface area contributed by atoms with Gasteiger partial charge in [-0.25, -0.2) is 4.39 Å². The smallest absolute Gasteiger partial charge is 0.220 e. The van der Waals surface area contributed by atoms with E-state index in [2.05, 4.69) is 35.4 Å². The topological polar surface area (TPSA) is 44.9 Å². The quantitative estimate of drug-likeness (QED) is 0.684. The molecule has 2 aromatic carbocycles. The predicted octanol–water partition coefficient (Wildman–Crippen LogP) is 4.47. The van der Waals surface area contributed by atoms with E-state index in [1.54, 1.807) is 6.07 Å². The molecule has 3 rings (SSSR count). The van der Waals surface area contributed by atoms with Gasteiger partial charge >= 0.3 is 0 Å². The minimum atomic E-state index is -0.265. The van der Waals surface area contributed by atoms with Gasteiger partial charge in [-0.3, -0.25) is 4.79 Å². The standard InChI is InChI=1S/C21H23FN2O/c1-14-6-7-19-17(13-24-20(19)10-14)8-9-23-21(25)11-15(2)16-4-3-5-18(22)12-16/h3-7,10,12-13,15,24H,8-9,11H2,1-2H3,(H,23,25). The van der Waals surface area contributed by atoms with Crippen LogP contribution in [-0.2, 0) is 11.2 Å². The third kappa shape index (κ3) is 4.27. The van der Waals surface area contributed by atoms with Crippen LogP contribution < -0.4 is 5.32 Å². The predicted molar refractivity (Wildman–Crippen MR) is 99.2 cm³/mol. The highest BCUT2D eigenvalue weighted by Gasteiger charge is 2.12. The maximum atomic E-state index is 13.3. The van der Waals surface area contributed by atoms with Crippen LogP contribution in [0.3, 0.4) is 0 Å². The summed E-state index contributed by atoms with van der Waals surface area (Å²) in [6.07, 6.45) is 3.14. The summed E-state index contributed by atoms with van der Waals surface area (Å²) in [6, 6.07) is 12.8. The van der Waals surface area contributed by atoms with Gasteiger partial charge in [0, 0.05) is 30.1 Å². The number of benzene rings is 2. The van der Waals surface area contributed by atoms with Crippen molar-refractivity contribution in [1.82, 2.24) is 10.3 Å². The number of halogens is 1. The van der Waals surface area contributed by atoms with Crippen LogP contribution in [0.4, 0.5) is 4.39 Å². The first-order valence-electron chi connectivity index (χ1n) is 8.61. The van der Waals surface area contributed by atoms with E-state index in [0.29, 0.717) is 13.0 Å². The first-order chi connectivity index (χ1) is 12.0. The van der Waals surface area contributed by atoms with E-state index in [1.807, 2.05) is 19.2 Å². The summed E-state index contributed by atoms with van der Waals surface area (Å²) in [5.74, 6) is -0.279. The Hall–Kier alpha value is -2.62. The number of fused-ring (bicyclic) bond motifs is 1. The van der Waals surface area contributed by atoms with Crippen molar-refractivity contribution in [1.29, 1.82) is 0 Å². The highest BCUT2D eigenvalue weighted by atomic mass is 19.1. The molecule has 0 bridgehead atoms. The van der Waals surface area contributed by atoms with Crippen molar-refractivity contribution in [2.45, 2.75) is 32.6 Å². The Balaban J connectivity index is 1.52. The minimum Gasteiger partial charge on any atom is -0.361 e. The zero-order valence-electron chi connectivity index (χ0n) is 14.6. The highest BCUT2D eigenvalue weighted by molar-refractivity contribution is 5.84. The highest BCUT2D eigenvalue weighted by Crippen LogP contribution is 2.21. The minimum absolute atomic E-state index is 0.00699. The number of hydrogen-bond donors (Lipinski definition) is 2. The summed E-state index contributed by atoms with van der Waals surface area (Å²) < 4.78 is 13.3. The van der Waals surface area contributed by atoms with Crippen molar-refractivity contribution in [3.8, 4) is 0 Å². The Bertz CT molecular complexity index is 884. The van der Waals surface area contributed by atoms with Gasteiger partial charge in [0.05, 0.1) is 0 Å². The molecule has 1 heterocycles. The van der Waals surface area contributed by atoms with Crippen molar-refractivity contribution < 1.29 is 9.18 Å². The Kier molecular flexibility index (Phi) is 5.17. The molecule has 0 saturated heterocycles. The van der Waals surface area contributed by atoms with Gasteiger partial charge in [0.2, 0.25) is 5.91 Å². The number of nitrogens with one attached hydrogen (secondary N) is 2. The molecule has 0 saturated carbocycles. The lowest BCUT2D eigenvalue weighted by molar-refractivity contribution is -0.121. The van der Waals surface area contributed by atoms with Crippen LogP contribution in [-0.4, -0.2) is 17.4 Å². The van der Waals surface area contributed by atoms with E-state index in [1.165, 1.54) is 28.6 Å². The molecular formula is C21H23FN2O. The molecule has 1 amide bonds. The van der Waals surface area contributed by atoms with Crippen LogP contribution >= 0.6 is 0 Å². The van der Waals surface area contributed by atoms with Crippen molar-refractivity contribution in [3.63, 3.8) is 0 Å². The third-order valence-electron chi connectivity index (χ3n) is 4.55. The van der Waals surface area contributed by atoms with Crippen LogP contribution in [0.25, 0.3) is 10.9 Å². The molecule has 1 atom stereocenters. The number of carbonyl (C=O) groups excluding carboxylic acids is 1. The molecule has 0 aliphatic heterocycles. The lowest BCUT2D eigenvalue weighted by Gasteiger charge is -2.12. The molecule has 0 aliphatic carbocycles. The maximum absolute atomic E-state index is 13.3. The molecule has 2 N–H and O–H groups in total. The average molecular weight is 338 g/mol. The molecule has 0 spiro atoms. The Morgan fingerprint density at radius 1 is 1.24 bits per heavy atom. The second-order valence-corrected chi connectivity index (χ2v) is 6.62. The number of H-pyrrole nitrogens is 1. The van der Waals surface area contributed by atoms with Gasteiger partial charge in [0.25, 0.3) is 0 Å². The van der Waals surface area contributed by atoms with E-state index in [4.69, 9.17) is 0 Å². The second-order valence-electron chi connectivity index (χ2n) is 6.62. The number of aromatic nitrogens is 1. The van der Waals surface area contributed by atoms with Crippen LogP contribution in [0.1, 0.15) is 36.0 Å². The van der Waals surface area contributed by atoms with E-state index < -0.39 is 0 Å². The number of amides is 1. The Labute approximate surface area is 147 Å². The number of carbonyl (C=O) groups is 1. The fraction of sp³-hybridized carbons (Fsp3) is 0.286. The summed E-state index contributed by atoms with van der Waals surface area (Å²) in [5, 5.41) is 4.17. The molecule has 25 heavy (non-hydrogen) atoms. The van der Waals surface area contributed by atoms with Gasteiger partial charge < -0.3 is 10.3 Å². The second kappa shape index (κ2) is 7.51. The Morgan fingerprint density at radius 3 is 2.88 bits per heavy atom. The number of aromatic amines is 1. The molecule has 0 fully saturated rings. The van der Waals surface area contributed by atoms with E-state index in [9.17, 15) is 9.18 Å². The molecular weight excluding hydrogens is 315 g/mol. The lowest BCUT2D eigenvalue weighted by Crippen LogP contribution is -2.26. The zero-order chi connectivity index (χ0) is 17.8. The molecule has 1 unspecified atom stereocenters. The summed E-state index contributed by atoms with van der Waals surface area (Å²) in [7, 11) is 0. The Morgan fingerprint density at radius 2 is 2.08 bits per heavy atom. The lowest BCUT2D eigenvalue weighted by atomic mass is 9.97. The summed E-state index contributed by atoms with van der Waals surface area (Å²) in [4.78, 5) is 15.4. The van der Waals surface area contributed by atoms with Gasteiger partial charge in [0.15, 0.2) is 0 Å². The van der Waals surface area contributed by atoms with Gasteiger partial charge in [0.1, 0.15) is 5.82 Å². The van der Waals surface area contributed by atoms with Gasteiger partial charge in [-0.1, -0.05) is 31.2 Å². The third-order valence-corrected chi connectivity index (χ3v) is 4.55. The maximum Gasteiger partial charge on any atom is 0.220 e. The molecule has 4 heteroatoms. The van der Waals surface area contributed by atoms with Crippen molar-refractivity contribution in [2.75, 3.05) is 6.54 Å². The molecule has 1 aromatic heterocycles. The fourth-order valence-electron chi connectivity index (χ4n) is 3.12. The summed E-state index contributed by atoms with van der Waals surface area (Å²) in [6.45, 7) is 4.60. The van der Waals surface area contributed by atoms with Crippen molar-refractivity contribution >= 4 is 16.8 Å². The molecule has 130 valence electrons. The molecule has 3 nitrogen and oxygen atoms in total. The first-order valence-corrected chi connectivity index (χ1v) is 8.61. The molecule has 3 aromatic rings. The normalized spacial score (nSPS) is 12.3. The molecule has 0 aliphatic rings. The molecule has 0 radical (unpaired) electrons. The van der Waals surface area contributed by atoms with Crippen LogP contribution in [0.15, 0.2) is 48.7 Å². The number of rotatable bonds is 6.